The molecule has 1 amide bonds. The van der Waals surface area contributed by atoms with Crippen LogP contribution in [0.2, 0.25) is 0 Å². The van der Waals surface area contributed by atoms with E-state index >= 15 is 0 Å². The van der Waals surface area contributed by atoms with E-state index in [1.54, 1.807) is 30.3 Å². The number of carboxylic acid groups (broad SMARTS) is 1. The van der Waals surface area contributed by atoms with Crippen LogP contribution in [0, 0.1) is 5.82 Å². The van der Waals surface area contributed by atoms with Gasteiger partial charge in [-0.1, -0.05) is 25.1 Å². The number of benzene rings is 2. The minimum Gasteiger partial charge on any atom is -0.493 e. The maximum Gasteiger partial charge on any atom is 0.307 e. The van der Waals surface area contributed by atoms with Gasteiger partial charge in [0.05, 0.1) is 31.8 Å². The van der Waals surface area contributed by atoms with Crippen LogP contribution in [0.15, 0.2) is 42.5 Å². The van der Waals surface area contributed by atoms with Crippen LogP contribution >= 0.6 is 0 Å². The number of halogens is 1. The van der Waals surface area contributed by atoms with Gasteiger partial charge in [0, 0.05) is 30.4 Å². The number of amides is 1. The quantitative estimate of drug-likeness (QED) is 0.480. The normalized spacial score (nSPS) is 22.2. The first-order chi connectivity index (χ1) is 16.2. The van der Waals surface area contributed by atoms with Crippen LogP contribution < -0.4 is 10.1 Å². The lowest BCUT2D eigenvalue weighted by Crippen LogP contribution is -2.51. The van der Waals surface area contributed by atoms with Gasteiger partial charge in [0.25, 0.3) is 0 Å². The van der Waals surface area contributed by atoms with Crippen molar-refractivity contribution in [1.82, 2.24) is 5.32 Å². The third-order valence-electron chi connectivity index (χ3n) is 5.86. The molecule has 184 valence electrons. The first-order valence-electron chi connectivity index (χ1n) is 11.5. The fourth-order valence-corrected chi connectivity index (χ4v) is 4.33. The second-order valence-electron chi connectivity index (χ2n) is 8.95. The zero-order valence-electron chi connectivity index (χ0n) is 19.6. The fourth-order valence-electron chi connectivity index (χ4n) is 4.33. The molecule has 34 heavy (non-hydrogen) atoms. The zero-order chi connectivity index (χ0) is 24.7. The van der Waals surface area contributed by atoms with Crippen molar-refractivity contribution in [3.63, 3.8) is 0 Å². The van der Waals surface area contributed by atoms with Crippen molar-refractivity contribution in [2.45, 2.75) is 63.7 Å². The molecule has 0 aromatic heterocycles. The van der Waals surface area contributed by atoms with Gasteiger partial charge in [-0.2, -0.15) is 0 Å². The van der Waals surface area contributed by atoms with E-state index in [2.05, 4.69) is 5.32 Å². The highest BCUT2D eigenvalue weighted by Crippen LogP contribution is 2.46. The summed E-state index contributed by atoms with van der Waals surface area (Å²) < 4.78 is 26.0. The number of rotatable bonds is 10. The van der Waals surface area contributed by atoms with Crippen LogP contribution in [0.1, 0.15) is 68.4 Å². The second kappa shape index (κ2) is 11.4. The van der Waals surface area contributed by atoms with E-state index in [9.17, 15) is 24.2 Å². The number of carbonyl (C=O) groups excluding carboxylic acids is 1. The number of aliphatic carboxylic acids is 1. The monoisotopic (exact) mass is 473 g/mol. The number of ether oxygens (including phenoxy) is 2. The van der Waals surface area contributed by atoms with Crippen LogP contribution in [0.25, 0.3) is 0 Å². The number of nitrogens with one attached hydrogen (secondary N) is 1. The molecule has 8 heteroatoms. The number of carbonyl (C=O) groups is 2. The average Bonchev–Trinajstić information content (AvgIpc) is 2.77. The number of hydrogen-bond acceptors (Lipinski definition) is 5. The zero-order valence-corrected chi connectivity index (χ0v) is 19.6. The van der Waals surface area contributed by atoms with E-state index < -0.39 is 23.7 Å². The molecule has 0 aliphatic carbocycles. The Balaban J connectivity index is 2.00. The highest BCUT2D eigenvalue weighted by atomic mass is 19.1. The average molecular weight is 474 g/mol. The Morgan fingerprint density at radius 2 is 1.88 bits per heavy atom. The molecule has 2 aromatic rings. The first-order valence-corrected chi connectivity index (χ1v) is 11.5. The summed E-state index contributed by atoms with van der Waals surface area (Å²) in [6.07, 6.45) is 0.563. The third kappa shape index (κ3) is 6.77. The van der Waals surface area contributed by atoms with E-state index in [-0.39, 0.29) is 31.2 Å². The number of hydrogen-bond donors (Lipinski definition) is 3. The van der Waals surface area contributed by atoms with Crippen molar-refractivity contribution in [3.05, 3.63) is 65.0 Å². The molecule has 3 rings (SSSR count). The van der Waals surface area contributed by atoms with Gasteiger partial charge in [-0.3, -0.25) is 9.59 Å². The third-order valence-corrected chi connectivity index (χ3v) is 5.86. The van der Waals surface area contributed by atoms with E-state index in [4.69, 9.17) is 9.47 Å². The molecule has 1 aliphatic heterocycles. The van der Waals surface area contributed by atoms with Gasteiger partial charge in [-0.05, 0) is 48.7 Å². The fraction of sp³-hybridized carbons (Fsp3) is 0.462. The smallest absolute Gasteiger partial charge is 0.307 e. The summed E-state index contributed by atoms with van der Waals surface area (Å²) in [7, 11) is 0. The van der Waals surface area contributed by atoms with E-state index in [1.807, 2.05) is 13.8 Å². The molecule has 1 aliphatic rings. The summed E-state index contributed by atoms with van der Waals surface area (Å²) in [6, 6.07) is 11.3. The molecule has 3 atom stereocenters. The predicted molar refractivity (Wildman–Crippen MR) is 124 cm³/mol. The van der Waals surface area contributed by atoms with Gasteiger partial charge < -0.3 is 25.0 Å². The molecule has 1 fully saturated rings. The highest BCUT2D eigenvalue weighted by Gasteiger charge is 2.41. The molecule has 2 aromatic carbocycles. The molecular weight excluding hydrogens is 441 g/mol. The molecule has 0 saturated carbocycles. The van der Waals surface area contributed by atoms with Gasteiger partial charge in [-0.15, -0.1) is 0 Å². The van der Waals surface area contributed by atoms with Crippen LogP contribution in [0.4, 0.5) is 4.39 Å². The Morgan fingerprint density at radius 3 is 2.53 bits per heavy atom. The Hall–Kier alpha value is -2.97. The molecule has 7 nitrogen and oxygen atoms in total. The molecule has 1 saturated heterocycles. The second-order valence-corrected chi connectivity index (χ2v) is 8.95. The first kappa shape index (κ1) is 25.6. The topological polar surface area (TPSA) is 105 Å². The highest BCUT2D eigenvalue weighted by molar-refractivity contribution is 5.76. The summed E-state index contributed by atoms with van der Waals surface area (Å²) in [6.45, 7) is 4.15. The summed E-state index contributed by atoms with van der Waals surface area (Å²) in [5, 5.41) is 21.5. The molecule has 3 N–H and O–H groups in total. The predicted octanol–water partition coefficient (Wildman–Crippen LogP) is 4.09. The van der Waals surface area contributed by atoms with Crippen molar-refractivity contribution in [2.24, 2.45) is 0 Å². The minimum absolute atomic E-state index is 0.0126. The minimum atomic E-state index is -0.942. The molecule has 0 unspecified atom stereocenters. The van der Waals surface area contributed by atoms with Gasteiger partial charge >= 0.3 is 5.97 Å². The van der Waals surface area contributed by atoms with E-state index in [1.165, 1.54) is 12.1 Å². The van der Waals surface area contributed by atoms with E-state index in [0.29, 0.717) is 36.3 Å². The van der Waals surface area contributed by atoms with Gasteiger partial charge in [0.2, 0.25) is 5.91 Å². The van der Waals surface area contributed by atoms with Crippen LogP contribution in [-0.4, -0.2) is 40.8 Å². The molecule has 0 bridgehead atoms. The van der Waals surface area contributed by atoms with Gasteiger partial charge in [0.1, 0.15) is 11.6 Å². The Morgan fingerprint density at radius 1 is 1.18 bits per heavy atom. The standard InChI is InChI=1S/C26H32FNO6/c1-3-12-33-21-9-4-17(14-25(31)32)13-20(21)23-16-26(2,28-24(30)10-11-29)15-22(34-23)18-5-7-19(27)8-6-18/h4-9,13,22-23,29H,3,10-12,14-16H2,1-2H3,(H,28,30)(H,31,32)/t22-,23+,26+/m0/s1. The summed E-state index contributed by atoms with van der Waals surface area (Å²) in [4.78, 5) is 23.7. The number of carboxylic acids is 1. The Labute approximate surface area is 198 Å². The van der Waals surface area contributed by atoms with Gasteiger partial charge in [-0.25, -0.2) is 4.39 Å². The lowest BCUT2D eigenvalue weighted by molar-refractivity contribution is -0.136. The van der Waals surface area contributed by atoms with Crippen molar-refractivity contribution < 1.29 is 33.7 Å². The largest absolute Gasteiger partial charge is 0.493 e. The molecular formula is C26H32FNO6. The molecule has 1 heterocycles. The van der Waals surface area contributed by atoms with E-state index in [0.717, 1.165) is 12.0 Å². The SMILES string of the molecule is CCCOc1ccc(CC(=O)O)cc1[C@H]1C[C@](C)(NC(=O)CCO)C[C@@H](c2ccc(F)cc2)O1. The van der Waals surface area contributed by atoms with Crippen LogP contribution in [0.5, 0.6) is 5.75 Å². The van der Waals surface area contributed by atoms with Crippen molar-refractivity contribution >= 4 is 11.9 Å². The van der Waals surface area contributed by atoms with Crippen LogP contribution in [-0.2, 0) is 20.7 Å². The Bertz CT molecular complexity index is 995. The summed E-state index contributed by atoms with van der Waals surface area (Å²) >= 11 is 0. The lowest BCUT2D eigenvalue weighted by Gasteiger charge is -2.43. The van der Waals surface area contributed by atoms with Crippen molar-refractivity contribution in [1.29, 1.82) is 0 Å². The van der Waals surface area contributed by atoms with Crippen LogP contribution in [0.3, 0.4) is 0 Å². The maximum absolute atomic E-state index is 13.5. The Kier molecular flexibility index (Phi) is 8.63. The molecule has 0 spiro atoms. The van der Waals surface area contributed by atoms with Gasteiger partial charge in [0.15, 0.2) is 0 Å². The maximum atomic E-state index is 13.5. The lowest BCUT2D eigenvalue weighted by atomic mass is 9.80. The van der Waals surface area contributed by atoms with Crippen molar-refractivity contribution in [3.8, 4) is 5.75 Å². The van der Waals surface area contributed by atoms with Crippen molar-refractivity contribution in [2.75, 3.05) is 13.2 Å². The number of aliphatic hydroxyl groups excluding tert-OH is 1. The molecule has 0 radical (unpaired) electrons. The summed E-state index contributed by atoms with van der Waals surface area (Å²) in [5.41, 5.74) is 1.41. The number of aliphatic hydroxyl groups is 1. The summed E-state index contributed by atoms with van der Waals surface area (Å²) in [5.74, 6) is -0.967.